The van der Waals surface area contributed by atoms with E-state index in [1.54, 1.807) is 31.2 Å². The summed E-state index contributed by atoms with van der Waals surface area (Å²) >= 11 is 0. The van der Waals surface area contributed by atoms with E-state index in [0.717, 1.165) is 13.0 Å². The summed E-state index contributed by atoms with van der Waals surface area (Å²) in [5, 5.41) is 6.36. The molecule has 6 nitrogen and oxygen atoms in total. The van der Waals surface area contributed by atoms with Gasteiger partial charge in [-0.25, -0.2) is 8.42 Å². The van der Waals surface area contributed by atoms with Crippen LogP contribution in [-0.2, 0) is 16.4 Å². The molecule has 7 heteroatoms. The molecule has 0 aliphatic carbocycles. The quantitative estimate of drug-likeness (QED) is 0.681. The van der Waals surface area contributed by atoms with E-state index in [-0.39, 0.29) is 17.7 Å². The summed E-state index contributed by atoms with van der Waals surface area (Å²) in [5.74, 6) is -0.277. The van der Waals surface area contributed by atoms with Crippen LogP contribution in [0, 0.1) is 0 Å². The number of para-hydroxylation sites is 1. The Morgan fingerprint density at radius 1 is 1.15 bits per heavy atom. The fraction of sp³-hybridized carbons (Fsp3) is 0.350. The molecular formula is C20H25N3O3S. The maximum Gasteiger partial charge on any atom is 0.253 e. The largest absolute Gasteiger partial charge is 0.350 e. The maximum atomic E-state index is 12.7. The minimum atomic E-state index is -3.46. The van der Waals surface area contributed by atoms with Gasteiger partial charge in [-0.15, -0.1) is 0 Å². The SMILES string of the molecule is CCCS(=O)(=O)Nc1ccccc1C(=O)NCC1NCCc2ccccc21. The second kappa shape index (κ2) is 8.54. The molecule has 2 aromatic carbocycles. The Balaban J connectivity index is 1.71. The van der Waals surface area contributed by atoms with E-state index in [0.29, 0.717) is 24.2 Å². The summed E-state index contributed by atoms with van der Waals surface area (Å²) in [6.45, 7) is 3.10. The average Bonchev–Trinajstić information content (AvgIpc) is 2.66. The molecule has 2 aromatic rings. The number of nitrogens with one attached hydrogen (secondary N) is 3. The summed E-state index contributed by atoms with van der Waals surface area (Å²) in [6.07, 6.45) is 1.49. The molecule has 1 atom stereocenters. The van der Waals surface area contributed by atoms with Crippen molar-refractivity contribution in [1.82, 2.24) is 10.6 Å². The van der Waals surface area contributed by atoms with Crippen LogP contribution >= 0.6 is 0 Å². The third-order valence-electron chi connectivity index (χ3n) is 4.59. The molecule has 144 valence electrons. The molecule has 0 fully saturated rings. The molecule has 27 heavy (non-hydrogen) atoms. The molecule has 3 rings (SSSR count). The number of carbonyl (C=O) groups is 1. The molecule has 0 radical (unpaired) electrons. The zero-order valence-corrected chi connectivity index (χ0v) is 16.2. The Bertz CT molecular complexity index is 912. The first kappa shape index (κ1) is 19.4. The van der Waals surface area contributed by atoms with Gasteiger partial charge in [0, 0.05) is 12.6 Å². The molecule has 1 aliphatic rings. The zero-order valence-electron chi connectivity index (χ0n) is 15.4. The molecule has 1 amide bonds. The number of benzene rings is 2. The molecule has 0 aromatic heterocycles. The van der Waals surface area contributed by atoms with Crippen LogP contribution in [0.15, 0.2) is 48.5 Å². The van der Waals surface area contributed by atoms with Crippen molar-refractivity contribution in [2.24, 2.45) is 0 Å². The molecule has 1 aliphatic heterocycles. The predicted molar refractivity (Wildman–Crippen MR) is 107 cm³/mol. The second-order valence-electron chi connectivity index (χ2n) is 6.63. The van der Waals surface area contributed by atoms with Crippen LogP contribution < -0.4 is 15.4 Å². The van der Waals surface area contributed by atoms with Gasteiger partial charge in [-0.3, -0.25) is 9.52 Å². The third-order valence-corrected chi connectivity index (χ3v) is 6.07. The van der Waals surface area contributed by atoms with Gasteiger partial charge in [0.15, 0.2) is 0 Å². The lowest BCUT2D eigenvalue weighted by Crippen LogP contribution is -2.39. The number of anilines is 1. The van der Waals surface area contributed by atoms with Crippen molar-refractivity contribution in [2.45, 2.75) is 25.8 Å². The minimum absolute atomic E-state index is 0.0196. The summed E-state index contributed by atoms with van der Waals surface area (Å²) in [6, 6.07) is 14.9. The van der Waals surface area contributed by atoms with E-state index in [1.807, 2.05) is 12.1 Å². The lowest BCUT2D eigenvalue weighted by Gasteiger charge is -2.27. The Kier molecular flexibility index (Phi) is 6.13. The highest BCUT2D eigenvalue weighted by Crippen LogP contribution is 2.22. The Morgan fingerprint density at radius 2 is 1.89 bits per heavy atom. The molecule has 0 saturated carbocycles. The van der Waals surface area contributed by atoms with Gasteiger partial charge in [0.2, 0.25) is 10.0 Å². The van der Waals surface area contributed by atoms with E-state index < -0.39 is 10.0 Å². The van der Waals surface area contributed by atoms with Crippen LogP contribution in [0.1, 0.15) is 40.9 Å². The number of hydrogen-bond acceptors (Lipinski definition) is 4. The van der Waals surface area contributed by atoms with Crippen LogP contribution in [0.3, 0.4) is 0 Å². The first-order valence-corrected chi connectivity index (χ1v) is 10.8. The number of carbonyl (C=O) groups excluding carboxylic acids is 1. The zero-order chi connectivity index (χ0) is 19.3. The van der Waals surface area contributed by atoms with Gasteiger partial charge in [0.25, 0.3) is 5.91 Å². The van der Waals surface area contributed by atoms with Crippen molar-refractivity contribution in [1.29, 1.82) is 0 Å². The van der Waals surface area contributed by atoms with Crippen LogP contribution in [-0.4, -0.2) is 33.2 Å². The van der Waals surface area contributed by atoms with Crippen molar-refractivity contribution in [3.05, 3.63) is 65.2 Å². The van der Waals surface area contributed by atoms with Gasteiger partial charge in [0.05, 0.1) is 17.0 Å². The Labute approximate surface area is 160 Å². The van der Waals surface area contributed by atoms with E-state index in [1.165, 1.54) is 11.1 Å². The molecule has 1 unspecified atom stereocenters. The van der Waals surface area contributed by atoms with E-state index in [4.69, 9.17) is 0 Å². The summed E-state index contributed by atoms with van der Waals surface area (Å²) in [4.78, 5) is 12.7. The highest BCUT2D eigenvalue weighted by Gasteiger charge is 2.21. The summed E-state index contributed by atoms with van der Waals surface area (Å²) in [5.41, 5.74) is 3.12. The normalized spacial score (nSPS) is 16.4. The van der Waals surface area contributed by atoms with Crippen molar-refractivity contribution in [3.63, 3.8) is 0 Å². The van der Waals surface area contributed by atoms with E-state index in [9.17, 15) is 13.2 Å². The molecule has 0 spiro atoms. The molecule has 3 N–H and O–H groups in total. The van der Waals surface area contributed by atoms with Crippen LogP contribution in [0.5, 0.6) is 0 Å². The number of hydrogen-bond donors (Lipinski definition) is 3. The van der Waals surface area contributed by atoms with Crippen molar-refractivity contribution in [2.75, 3.05) is 23.6 Å². The monoisotopic (exact) mass is 387 g/mol. The van der Waals surface area contributed by atoms with Gasteiger partial charge in [-0.2, -0.15) is 0 Å². The number of amides is 1. The molecule has 0 saturated heterocycles. The smallest absolute Gasteiger partial charge is 0.253 e. The lowest BCUT2D eigenvalue weighted by molar-refractivity contribution is 0.0950. The third kappa shape index (κ3) is 4.87. The highest BCUT2D eigenvalue weighted by atomic mass is 32.2. The van der Waals surface area contributed by atoms with Crippen LogP contribution in [0.2, 0.25) is 0 Å². The number of rotatable bonds is 7. The Morgan fingerprint density at radius 3 is 2.70 bits per heavy atom. The fourth-order valence-electron chi connectivity index (χ4n) is 3.32. The highest BCUT2D eigenvalue weighted by molar-refractivity contribution is 7.92. The molecule has 1 heterocycles. The topological polar surface area (TPSA) is 87.3 Å². The maximum absolute atomic E-state index is 12.7. The lowest BCUT2D eigenvalue weighted by atomic mass is 9.94. The van der Waals surface area contributed by atoms with Gasteiger partial charge >= 0.3 is 0 Å². The van der Waals surface area contributed by atoms with E-state index >= 15 is 0 Å². The standard InChI is InChI=1S/C20H25N3O3S/c1-2-13-27(25,26)23-18-10-6-5-9-17(18)20(24)22-14-19-16-8-4-3-7-15(16)11-12-21-19/h3-10,19,21,23H,2,11-14H2,1H3,(H,22,24). The summed E-state index contributed by atoms with van der Waals surface area (Å²) < 4.78 is 26.6. The first-order chi connectivity index (χ1) is 13.0. The van der Waals surface area contributed by atoms with Gasteiger partial charge in [0.1, 0.15) is 0 Å². The second-order valence-corrected chi connectivity index (χ2v) is 8.47. The van der Waals surface area contributed by atoms with Crippen LogP contribution in [0.4, 0.5) is 5.69 Å². The van der Waals surface area contributed by atoms with Gasteiger partial charge in [-0.05, 0) is 42.6 Å². The molecular weight excluding hydrogens is 362 g/mol. The average molecular weight is 388 g/mol. The molecule has 0 bridgehead atoms. The first-order valence-electron chi connectivity index (χ1n) is 9.19. The van der Waals surface area contributed by atoms with Crippen LogP contribution in [0.25, 0.3) is 0 Å². The summed E-state index contributed by atoms with van der Waals surface area (Å²) in [7, 11) is -3.46. The van der Waals surface area contributed by atoms with Gasteiger partial charge < -0.3 is 10.6 Å². The number of fused-ring (bicyclic) bond motifs is 1. The minimum Gasteiger partial charge on any atom is -0.350 e. The van der Waals surface area contributed by atoms with Crippen molar-refractivity contribution in [3.8, 4) is 0 Å². The predicted octanol–water partition coefficient (Wildman–Crippen LogP) is 2.46. The fourth-order valence-corrected chi connectivity index (χ4v) is 4.47. The van der Waals surface area contributed by atoms with Crippen molar-refractivity contribution >= 4 is 21.6 Å². The number of sulfonamides is 1. The van der Waals surface area contributed by atoms with Gasteiger partial charge in [-0.1, -0.05) is 43.3 Å². The van der Waals surface area contributed by atoms with Crippen molar-refractivity contribution < 1.29 is 13.2 Å². The Hall–Kier alpha value is -2.38. The van der Waals surface area contributed by atoms with E-state index in [2.05, 4.69) is 27.5 Å².